The number of ether oxygens (including phenoxy) is 1. The molecule has 0 aliphatic carbocycles. The molecule has 1 amide bonds. The quantitative estimate of drug-likeness (QED) is 0.590. The van der Waals surface area contributed by atoms with Gasteiger partial charge in [-0.05, 0) is 56.5 Å². The summed E-state index contributed by atoms with van der Waals surface area (Å²) in [6.07, 6.45) is 0.747. The molecular formula is C24H26ClN3O3. The second-order valence-electron chi connectivity index (χ2n) is 7.99. The number of morpholine rings is 1. The van der Waals surface area contributed by atoms with Crippen molar-refractivity contribution >= 4 is 17.5 Å². The highest BCUT2D eigenvalue weighted by Crippen LogP contribution is 2.25. The Hall–Kier alpha value is -2.70. The average Bonchev–Trinajstić information content (AvgIpc) is 3.07. The zero-order valence-electron chi connectivity index (χ0n) is 18.0. The minimum atomic E-state index is -0.257. The topological polar surface area (TPSA) is 68.5 Å². The van der Waals surface area contributed by atoms with Crippen molar-refractivity contribution in [3.63, 3.8) is 0 Å². The Morgan fingerprint density at radius 2 is 2.03 bits per heavy atom. The summed E-state index contributed by atoms with van der Waals surface area (Å²) in [5, 5.41) is 4.70. The third-order valence-corrected chi connectivity index (χ3v) is 6.01. The molecule has 31 heavy (non-hydrogen) atoms. The van der Waals surface area contributed by atoms with E-state index in [2.05, 4.69) is 17.3 Å². The Morgan fingerprint density at radius 3 is 2.77 bits per heavy atom. The molecule has 0 saturated carbocycles. The molecule has 1 aliphatic heterocycles. The van der Waals surface area contributed by atoms with E-state index in [0.29, 0.717) is 25.5 Å². The van der Waals surface area contributed by atoms with Gasteiger partial charge in [0.2, 0.25) is 5.91 Å². The van der Waals surface area contributed by atoms with Crippen molar-refractivity contribution in [3.8, 4) is 0 Å². The number of pyridine rings is 1. The van der Waals surface area contributed by atoms with E-state index in [1.165, 1.54) is 0 Å². The van der Waals surface area contributed by atoms with Crippen LogP contribution in [0.1, 0.15) is 45.6 Å². The van der Waals surface area contributed by atoms with Crippen molar-refractivity contribution in [1.29, 1.82) is 0 Å². The molecule has 0 radical (unpaired) electrons. The van der Waals surface area contributed by atoms with E-state index in [9.17, 15) is 4.79 Å². The fourth-order valence-electron chi connectivity index (χ4n) is 3.97. The van der Waals surface area contributed by atoms with Gasteiger partial charge in [-0.25, -0.2) is 0 Å². The number of aromatic nitrogens is 2. The molecule has 6 nitrogen and oxygen atoms in total. The first kappa shape index (κ1) is 21.5. The van der Waals surface area contributed by atoms with Crippen LogP contribution in [0.5, 0.6) is 0 Å². The maximum absolute atomic E-state index is 12.9. The fourth-order valence-corrected chi connectivity index (χ4v) is 4.17. The molecule has 3 aromatic rings. The van der Waals surface area contributed by atoms with Gasteiger partial charge in [-0.3, -0.25) is 9.78 Å². The van der Waals surface area contributed by atoms with Gasteiger partial charge in [0.25, 0.3) is 0 Å². The molecule has 162 valence electrons. The van der Waals surface area contributed by atoms with Crippen molar-refractivity contribution in [3.05, 3.63) is 81.0 Å². The summed E-state index contributed by atoms with van der Waals surface area (Å²) in [6.45, 7) is 7.19. The molecule has 1 aliphatic rings. The number of carbonyl (C=O) groups excluding carboxylic acids is 1. The molecule has 0 N–H and O–H groups in total. The molecule has 4 rings (SSSR count). The fraction of sp³-hybridized carbons (Fsp3) is 0.375. The van der Waals surface area contributed by atoms with Crippen LogP contribution in [0.2, 0.25) is 5.02 Å². The summed E-state index contributed by atoms with van der Waals surface area (Å²) in [5.41, 5.74) is 5.59. The second kappa shape index (κ2) is 9.20. The number of benzene rings is 1. The first-order valence-corrected chi connectivity index (χ1v) is 10.8. The van der Waals surface area contributed by atoms with Crippen molar-refractivity contribution in [1.82, 2.24) is 15.0 Å². The summed E-state index contributed by atoms with van der Waals surface area (Å²) in [5.74, 6) is 0.742. The Bertz CT molecular complexity index is 1080. The molecular weight excluding hydrogens is 414 g/mol. The Kier molecular flexibility index (Phi) is 6.39. The molecule has 0 bridgehead atoms. The summed E-state index contributed by atoms with van der Waals surface area (Å²) in [6, 6.07) is 12.0. The third-order valence-electron chi connectivity index (χ3n) is 5.64. The monoisotopic (exact) mass is 439 g/mol. The summed E-state index contributed by atoms with van der Waals surface area (Å²) in [7, 11) is 0. The molecule has 1 aromatic carbocycles. The van der Waals surface area contributed by atoms with Crippen LogP contribution in [0.25, 0.3) is 0 Å². The minimum absolute atomic E-state index is 0.0478. The van der Waals surface area contributed by atoms with E-state index < -0.39 is 0 Å². The van der Waals surface area contributed by atoms with Gasteiger partial charge in [-0.15, -0.1) is 0 Å². The minimum Gasteiger partial charge on any atom is -0.368 e. The van der Waals surface area contributed by atoms with Crippen molar-refractivity contribution in [2.45, 2.75) is 39.7 Å². The van der Waals surface area contributed by atoms with Crippen LogP contribution < -0.4 is 0 Å². The van der Waals surface area contributed by atoms with Gasteiger partial charge in [0, 0.05) is 22.8 Å². The molecule has 2 aromatic heterocycles. The Morgan fingerprint density at radius 1 is 1.23 bits per heavy atom. The number of hydrogen-bond acceptors (Lipinski definition) is 5. The van der Waals surface area contributed by atoms with Crippen molar-refractivity contribution in [2.75, 3.05) is 19.7 Å². The largest absolute Gasteiger partial charge is 0.368 e. The van der Waals surface area contributed by atoms with Crippen LogP contribution in [0.4, 0.5) is 0 Å². The number of carbonyl (C=O) groups is 1. The van der Waals surface area contributed by atoms with E-state index in [1.54, 1.807) is 0 Å². The zero-order valence-corrected chi connectivity index (χ0v) is 18.8. The third kappa shape index (κ3) is 4.97. The SMILES string of the molecule is Cc1cc(Cc2ccccc2Cl)cc([C@H]2CN(C(=O)Cc3c(C)noc3C)CCO2)n1. The van der Waals surface area contributed by atoms with Gasteiger partial charge in [-0.1, -0.05) is 35.0 Å². The number of halogens is 1. The zero-order chi connectivity index (χ0) is 22.0. The maximum atomic E-state index is 12.9. The number of amides is 1. The first-order valence-electron chi connectivity index (χ1n) is 10.4. The highest BCUT2D eigenvalue weighted by Gasteiger charge is 2.28. The number of hydrogen-bond donors (Lipinski definition) is 0. The molecule has 3 heterocycles. The van der Waals surface area contributed by atoms with Crippen LogP contribution in [0.3, 0.4) is 0 Å². The molecule has 1 atom stereocenters. The van der Waals surface area contributed by atoms with Crippen LogP contribution in [0, 0.1) is 20.8 Å². The smallest absolute Gasteiger partial charge is 0.227 e. The highest BCUT2D eigenvalue weighted by molar-refractivity contribution is 6.31. The molecule has 0 unspecified atom stereocenters. The number of rotatable bonds is 5. The summed E-state index contributed by atoms with van der Waals surface area (Å²) in [4.78, 5) is 19.5. The van der Waals surface area contributed by atoms with Gasteiger partial charge in [0.1, 0.15) is 11.9 Å². The van der Waals surface area contributed by atoms with E-state index in [1.807, 2.05) is 49.9 Å². The summed E-state index contributed by atoms with van der Waals surface area (Å²) < 4.78 is 11.2. The number of nitrogens with zero attached hydrogens (tertiary/aromatic N) is 3. The van der Waals surface area contributed by atoms with E-state index >= 15 is 0 Å². The lowest BCUT2D eigenvalue weighted by Crippen LogP contribution is -2.43. The van der Waals surface area contributed by atoms with Gasteiger partial charge < -0.3 is 14.2 Å². The van der Waals surface area contributed by atoms with E-state index in [4.69, 9.17) is 25.8 Å². The van der Waals surface area contributed by atoms with Gasteiger partial charge in [0.15, 0.2) is 0 Å². The first-order chi connectivity index (χ1) is 14.9. The van der Waals surface area contributed by atoms with E-state index in [0.717, 1.165) is 45.2 Å². The van der Waals surface area contributed by atoms with Crippen LogP contribution in [-0.2, 0) is 22.4 Å². The predicted octanol–water partition coefficient (Wildman–Crippen LogP) is 4.38. The normalized spacial score (nSPS) is 16.5. The lowest BCUT2D eigenvalue weighted by Gasteiger charge is -2.33. The Balaban J connectivity index is 1.49. The number of aryl methyl sites for hydroxylation is 3. The lowest BCUT2D eigenvalue weighted by atomic mass is 10.0. The van der Waals surface area contributed by atoms with Crippen LogP contribution in [-0.4, -0.2) is 40.6 Å². The van der Waals surface area contributed by atoms with Gasteiger partial charge in [-0.2, -0.15) is 0 Å². The molecule has 1 saturated heterocycles. The average molecular weight is 440 g/mol. The second-order valence-corrected chi connectivity index (χ2v) is 8.40. The maximum Gasteiger partial charge on any atom is 0.227 e. The van der Waals surface area contributed by atoms with E-state index in [-0.39, 0.29) is 18.4 Å². The van der Waals surface area contributed by atoms with Crippen LogP contribution in [0.15, 0.2) is 40.9 Å². The Labute approximate surface area is 187 Å². The van der Waals surface area contributed by atoms with Gasteiger partial charge in [0.05, 0.1) is 31.0 Å². The molecule has 7 heteroatoms. The predicted molar refractivity (Wildman–Crippen MR) is 118 cm³/mol. The molecule has 0 spiro atoms. The van der Waals surface area contributed by atoms with Crippen molar-refractivity contribution in [2.24, 2.45) is 0 Å². The standard InChI is InChI=1S/C24H26ClN3O3/c1-15-10-18(11-19-6-4-5-7-21(19)25)12-22(26-15)23-14-28(8-9-30-23)24(29)13-20-16(2)27-31-17(20)3/h4-7,10,12,23H,8-9,11,13-14H2,1-3H3/t23-/m1/s1. The molecule has 1 fully saturated rings. The summed E-state index contributed by atoms with van der Waals surface area (Å²) >= 11 is 6.34. The van der Waals surface area contributed by atoms with Crippen LogP contribution >= 0.6 is 11.6 Å². The van der Waals surface area contributed by atoms with Gasteiger partial charge >= 0.3 is 0 Å². The van der Waals surface area contributed by atoms with Crippen molar-refractivity contribution < 1.29 is 14.1 Å². The lowest BCUT2D eigenvalue weighted by molar-refractivity contribution is -0.138. The highest BCUT2D eigenvalue weighted by atomic mass is 35.5.